The van der Waals surface area contributed by atoms with Gasteiger partial charge in [-0.05, 0) is 85.2 Å². The number of esters is 1. The van der Waals surface area contributed by atoms with Crippen molar-refractivity contribution in [2.24, 2.45) is 0 Å². The van der Waals surface area contributed by atoms with Gasteiger partial charge in [-0.1, -0.05) is 55.7 Å². The molecule has 0 bridgehead atoms. The maximum Gasteiger partial charge on any atom is 0.356 e. The lowest BCUT2D eigenvalue weighted by Crippen LogP contribution is -2.04. The molecule has 0 fully saturated rings. The number of aliphatic hydroxyl groups excluding tert-OH is 2. The first kappa shape index (κ1) is 62.7. The van der Waals surface area contributed by atoms with Crippen molar-refractivity contribution in [1.29, 1.82) is 0 Å². The number of carbonyl (C=O) groups excluding carboxylic acids is 1. The molecule has 0 aliphatic rings. The third-order valence-electron chi connectivity index (χ3n) is 5.40. The predicted octanol–water partition coefficient (Wildman–Crippen LogP) is 11.0. The van der Waals surface area contributed by atoms with Crippen molar-refractivity contribution in [2.75, 3.05) is 35.6 Å². The van der Waals surface area contributed by atoms with Gasteiger partial charge in [-0.2, -0.15) is 0 Å². The molecule has 62 heavy (non-hydrogen) atoms. The first-order valence-electron chi connectivity index (χ1n) is 18.0. The Morgan fingerprint density at radius 1 is 0.758 bits per heavy atom. The third-order valence-corrected chi connectivity index (χ3v) is 6.12. The summed E-state index contributed by atoms with van der Waals surface area (Å²) < 4.78 is 54.8. The van der Waals surface area contributed by atoms with Gasteiger partial charge in [-0.25, -0.2) is 23.2 Å². The number of halogens is 7. The number of hydrogen-bond acceptors (Lipinski definition) is 13. The molecule has 0 saturated carbocycles. The number of methoxy groups -OCH3 is 3. The van der Waals surface area contributed by atoms with Crippen LogP contribution in [0.15, 0.2) is 95.6 Å². The molecule has 2 N–H and O–H groups in total. The zero-order valence-corrected chi connectivity index (χ0v) is 42.0. The largest absolute Gasteiger partial charge is 0.481 e. The molecule has 0 aliphatic heterocycles. The number of aromatic nitrogens is 5. The highest BCUT2D eigenvalue weighted by Gasteiger charge is 2.05. The molecule has 0 atom stereocenters. The molecular weight excluding hydrogens is 1020 g/mol. The van der Waals surface area contributed by atoms with Crippen molar-refractivity contribution >= 4 is 101 Å². The van der Waals surface area contributed by atoms with Crippen molar-refractivity contribution in [3.8, 4) is 11.8 Å². The monoisotopic (exact) mass is 1070 g/mol. The molecule has 346 valence electrons. The number of carbonyl (C=O) groups is 1. The maximum atomic E-state index is 10.9. The van der Waals surface area contributed by atoms with E-state index in [1.807, 2.05) is 69.3 Å². The van der Waals surface area contributed by atoms with E-state index < -0.39 is 31.6 Å². The average molecular weight is 1070 g/mol. The normalized spacial score (nSPS) is 8.94. The lowest BCUT2D eigenvalue weighted by atomic mass is 10.3. The van der Waals surface area contributed by atoms with Gasteiger partial charge in [0.1, 0.15) is 10.3 Å². The Balaban J connectivity index is -0.000000210. The van der Waals surface area contributed by atoms with Gasteiger partial charge in [0, 0.05) is 80.4 Å². The highest BCUT2D eigenvalue weighted by atomic mass is 79.9. The molecule has 0 aromatic carbocycles. The molecular formula is C39H51BrCl5FN6O8S2. The summed E-state index contributed by atoms with van der Waals surface area (Å²) in [6, 6.07) is 27.2. The molecule has 5 aromatic heterocycles. The van der Waals surface area contributed by atoms with E-state index in [-0.39, 0.29) is 6.61 Å². The molecule has 0 radical (unpaired) electrons. The second-order valence-corrected chi connectivity index (χ2v) is 15.6. The van der Waals surface area contributed by atoms with E-state index in [9.17, 15) is 9.18 Å². The van der Waals surface area contributed by atoms with Crippen LogP contribution in [-0.4, -0.2) is 85.1 Å². The van der Waals surface area contributed by atoms with E-state index in [0.717, 1.165) is 40.2 Å². The van der Waals surface area contributed by atoms with E-state index in [0.29, 0.717) is 36.1 Å². The zero-order valence-electron chi connectivity index (χ0n) is 37.0. The minimum atomic E-state index is -1.67. The maximum absolute atomic E-state index is 10.9. The molecule has 5 rings (SSSR count). The SMILES string of the molecule is CO.COC(=O)c1cccc(C)n1.COc1cccc(Br)n1.Cc1cccc(CCl)n1.Cc1cccc(CO)n1.O=S(Cl)Cl.O=S(Cl)Cl.[2H]CC.[2H]CF.[C-]#[N+]c1cccc(OC)n1. The topological polar surface area (TPSA) is 188 Å². The smallest absolute Gasteiger partial charge is 0.356 e. The predicted molar refractivity (Wildman–Crippen MR) is 256 cm³/mol. The number of hydrogen-bond donors (Lipinski definition) is 2. The van der Waals surface area contributed by atoms with Crippen LogP contribution in [0.5, 0.6) is 11.8 Å². The molecule has 14 nitrogen and oxygen atoms in total. The van der Waals surface area contributed by atoms with Gasteiger partial charge in [-0.3, -0.25) is 14.4 Å². The minimum Gasteiger partial charge on any atom is -0.481 e. The number of rotatable bonds is 5. The second kappa shape index (κ2) is 48.4. The van der Waals surface area contributed by atoms with Crippen molar-refractivity contribution in [3.05, 3.63) is 141 Å². The summed E-state index contributed by atoms with van der Waals surface area (Å²) in [6.07, 6.45) is 0. The first-order chi connectivity index (χ1) is 30.4. The van der Waals surface area contributed by atoms with Gasteiger partial charge in [0.15, 0.2) is 0 Å². The summed E-state index contributed by atoms with van der Waals surface area (Å²) >= 11 is 8.75. The molecule has 0 spiro atoms. The number of aryl methyl sites for hydroxylation is 3. The highest BCUT2D eigenvalue weighted by molar-refractivity contribution is 9.10. The van der Waals surface area contributed by atoms with Crippen LogP contribution in [0, 0.1) is 27.3 Å². The van der Waals surface area contributed by atoms with Crippen molar-refractivity contribution in [1.82, 2.24) is 24.9 Å². The van der Waals surface area contributed by atoms with Crippen LogP contribution in [0.4, 0.5) is 10.2 Å². The molecule has 23 heteroatoms. The van der Waals surface area contributed by atoms with Crippen molar-refractivity contribution in [3.63, 3.8) is 0 Å². The number of ether oxygens (including phenoxy) is 3. The van der Waals surface area contributed by atoms with Crippen LogP contribution in [0.25, 0.3) is 4.85 Å². The van der Waals surface area contributed by atoms with Gasteiger partial charge in [-0.15, -0.1) is 11.6 Å². The summed E-state index contributed by atoms with van der Waals surface area (Å²) in [5.74, 6) is 1.58. The van der Waals surface area contributed by atoms with Crippen LogP contribution in [-0.2, 0) is 35.7 Å². The number of nitrogens with zero attached hydrogens (tertiary/aromatic N) is 6. The highest BCUT2D eigenvalue weighted by Crippen LogP contribution is 2.13. The zero-order chi connectivity index (χ0) is 50.3. The lowest BCUT2D eigenvalue weighted by Gasteiger charge is -1.97. The van der Waals surface area contributed by atoms with Gasteiger partial charge >= 0.3 is 11.8 Å². The number of alkyl halides is 2. The van der Waals surface area contributed by atoms with Crippen LogP contribution in [0.2, 0.25) is 0 Å². The Labute approximate surface area is 403 Å². The lowest BCUT2D eigenvalue weighted by molar-refractivity contribution is 0.0593. The van der Waals surface area contributed by atoms with Crippen LogP contribution < -0.4 is 9.47 Å². The quantitative estimate of drug-likeness (QED) is 0.0557. The van der Waals surface area contributed by atoms with E-state index in [2.05, 4.69) is 93.2 Å². The first-order valence-corrected chi connectivity index (χ1v) is 23.5. The second-order valence-electron chi connectivity index (χ2n) is 9.51. The average Bonchev–Trinajstić information content (AvgIpc) is 3.28. The molecule has 5 heterocycles. The van der Waals surface area contributed by atoms with E-state index in [1.165, 1.54) is 14.2 Å². The van der Waals surface area contributed by atoms with E-state index >= 15 is 0 Å². The fourth-order valence-electron chi connectivity index (χ4n) is 3.21. The summed E-state index contributed by atoms with van der Waals surface area (Å²) in [6.45, 7) is 14.6. The van der Waals surface area contributed by atoms with E-state index in [1.54, 1.807) is 56.5 Å². The molecule has 0 amide bonds. The minimum absolute atomic E-state index is 0.0294. The van der Waals surface area contributed by atoms with Gasteiger partial charge in [0.25, 0.3) is 5.82 Å². The van der Waals surface area contributed by atoms with Crippen LogP contribution in [0.1, 0.15) is 55.5 Å². The molecule has 5 aromatic rings. The number of aliphatic hydroxyl groups is 2. The van der Waals surface area contributed by atoms with Gasteiger partial charge < -0.3 is 29.3 Å². The van der Waals surface area contributed by atoms with E-state index in [4.69, 9.17) is 49.0 Å². The van der Waals surface area contributed by atoms with Gasteiger partial charge in [0.2, 0.25) is 24.3 Å². The van der Waals surface area contributed by atoms with Crippen molar-refractivity contribution < 1.29 is 44.8 Å². The standard InChI is InChI=1S/C8H9NO2.C7H8ClN.C7H6N2O.C7H9NO.C6H6BrNO.C2H6.CH3F.CH4O.2Cl2OS/c1-6-4-3-5-7(9-6)8(10)11-2;1-6-3-2-4-7(5-8)9-6;1-8-6-4-3-5-7(9-6)10-2;1-6-3-2-4-7(5-9)8-6;1-9-6-4-2-3-5(7)8-6;3*1-2;2*1-4(2)3/h3-5H,1-2H3;2-4H,5H2,1H3;3-5H,2H3;2-4,9H,5H2,1H3;2-4H,1H3;1-2H3;1H3;2H,1H3;;/i;;;;;2*1D;;;. The van der Waals surface area contributed by atoms with Crippen LogP contribution in [0.3, 0.4) is 0 Å². The fraction of sp³-hybridized carbons (Fsp3) is 0.308. The fourth-order valence-corrected chi connectivity index (χ4v) is 3.68. The Hall–Kier alpha value is -3.61. The summed E-state index contributed by atoms with van der Waals surface area (Å²) in [5, 5.41) is 15.6. The molecule has 0 saturated heterocycles. The Kier molecular flexibility index (Phi) is 49.0. The Morgan fingerprint density at radius 3 is 1.47 bits per heavy atom. The summed E-state index contributed by atoms with van der Waals surface area (Å²) in [7, 11) is 19.2. The van der Waals surface area contributed by atoms with Crippen molar-refractivity contribution in [2.45, 2.75) is 47.1 Å². The van der Waals surface area contributed by atoms with Crippen LogP contribution >= 0.6 is 70.3 Å². The van der Waals surface area contributed by atoms with Gasteiger partial charge in [0.05, 0.1) is 53.7 Å². The molecule has 0 aliphatic carbocycles. The Morgan fingerprint density at radius 2 is 1.15 bits per heavy atom. The number of pyridine rings is 5. The Bertz CT molecular complexity index is 1880. The summed E-state index contributed by atoms with van der Waals surface area (Å²) in [5.41, 5.74) is 4.81. The summed E-state index contributed by atoms with van der Waals surface area (Å²) in [4.78, 5) is 34.0. The third kappa shape index (κ3) is 44.4. The molecule has 0 unspecified atom stereocenters.